The maximum atomic E-state index is 12.3. The van der Waals surface area contributed by atoms with Crippen LogP contribution in [-0.4, -0.2) is 16.1 Å². The number of amides is 1. The number of thiazole rings is 1. The lowest BCUT2D eigenvalue weighted by Gasteiger charge is -2.08. The maximum absolute atomic E-state index is 12.3. The van der Waals surface area contributed by atoms with Gasteiger partial charge in [-0.1, -0.05) is 30.3 Å². The third kappa shape index (κ3) is 2.32. The van der Waals surface area contributed by atoms with Crippen LogP contribution in [0, 0.1) is 5.41 Å². The summed E-state index contributed by atoms with van der Waals surface area (Å²) in [4.78, 5) is 18.2. The molecule has 19 heavy (non-hydrogen) atoms. The van der Waals surface area contributed by atoms with E-state index >= 15 is 0 Å². The van der Waals surface area contributed by atoms with Gasteiger partial charge in [-0.2, -0.15) is 0 Å². The van der Waals surface area contributed by atoms with Gasteiger partial charge in [0.05, 0.1) is 4.91 Å². The molecule has 2 aromatic rings. The first-order valence-electron chi connectivity index (χ1n) is 5.53. The molecule has 2 heterocycles. The number of aromatic nitrogens is 1. The first-order chi connectivity index (χ1) is 9.25. The standard InChI is InChI=1S/C13H9N3OS2/c14-12-16(13-15-6-7-18-13)11(17)10(19-12)8-9-4-2-1-3-5-9/h1-8,14H. The highest BCUT2D eigenvalue weighted by Crippen LogP contribution is 2.35. The third-order valence-electron chi connectivity index (χ3n) is 2.53. The third-order valence-corrected chi connectivity index (χ3v) is 4.18. The van der Waals surface area contributed by atoms with Crippen LogP contribution in [0.4, 0.5) is 5.13 Å². The van der Waals surface area contributed by atoms with Gasteiger partial charge in [0.15, 0.2) is 10.3 Å². The van der Waals surface area contributed by atoms with Crippen molar-refractivity contribution in [3.8, 4) is 0 Å². The van der Waals surface area contributed by atoms with E-state index in [1.54, 1.807) is 17.7 Å². The van der Waals surface area contributed by atoms with Crippen LogP contribution in [0.3, 0.4) is 0 Å². The molecule has 1 aliphatic heterocycles. The average Bonchev–Trinajstić information content (AvgIpc) is 3.01. The minimum Gasteiger partial charge on any atom is -0.278 e. The molecule has 0 unspecified atom stereocenters. The number of thioether (sulfide) groups is 1. The molecule has 0 atom stereocenters. The molecule has 4 nitrogen and oxygen atoms in total. The Morgan fingerprint density at radius 3 is 2.74 bits per heavy atom. The minimum absolute atomic E-state index is 0.186. The van der Waals surface area contributed by atoms with Crippen LogP contribution in [-0.2, 0) is 4.79 Å². The van der Waals surface area contributed by atoms with Crippen LogP contribution in [0.1, 0.15) is 5.56 Å². The van der Waals surface area contributed by atoms with Crippen molar-refractivity contribution in [1.29, 1.82) is 5.41 Å². The first kappa shape index (κ1) is 12.1. The van der Waals surface area contributed by atoms with E-state index in [2.05, 4.69) is 4.98 Å². The fraction of sp³-hybridized carbons (Fsp3) is 0. The van der Waals surface area contributed by atoms with Gasteiger partial charge in [0.25, 0.3) is 5.91 Å². The van der Waals surface area contributed by atoms with E-state index in [1.165, 1.54) is 16.2 Å². The Kier molecular flexibility index (Phi) is 3.18. The Bertz CT molecular complexity index is 650. The number of nitrogens with one attached hydrogen (secondary N) is 1. The summed E-state index contributed by atoms with van der Waals surface area (Å²) in [5.41, 5.74) is 0.951. The lowest BCUT2D eigenvalue weighted by molar-refractivity contribution is -0.113. The second-order valence-corrected chi connectivity index (χ2v) is 5.69. The lowest BCUT2D eigenvalue weighted by atomic mass is 10.2. The fourth-order valence-corrected chi connectivity index (χ4v) is 3.23. The van der Waals surface area contributed by atoms with Crippen molar-refractivity contribution in [2.45, 2.75) is 0 Å². The zero-order valence-corrected chi connectivity index (χ0v) is 11.4. The topological polar surface area (TPSA) is 57.1 Å². The molecule has 6 heteroatoms. The van der Waals surface area contributed by atoms with Gasteiger partial charge < -0.3 is 0 Å². The van der Waals surface area contributed by atoms with Crippen molar-refractivity contribution in [2.24, 2.45) is 0 Å². The number of rotatable bonds is 2. The highest BCUT2D eigenvalue weighted by atomic mass is 32.2. The predicted molar refractivity (Wildman–Crippen MR) is 79.3 cm³/mol. The number of benzene rings is 1. The highest BCUT2D eigenvalue weighted by Gasteiger charge is 2.34. The molecule has 1 aliphatic rings. The number of nitrogens with zero attached hydrogens (tertiary/aromatic N) is 2. The van der Waals surface area contributed by atoms with Gasteiger partial charge in [-0.25, -0.2) is 9.88 Å². The number of hydrogen-bond acceptors (Lipinski definition) is 5. The van der Waals surface area contributed by atoms with Gasteiger partial charge in [-0.05, 0) is 23.4 Å². The largest absolute Gasteiger partial charge is 0.278 e. The Hall–Kier alpha value is -1.92. The van der Waals surface area contributed by atoms with E-state index < -0.39 is 0 Å². The zero-order valence-electron chi connectivity index (χ0n) is 9.74. The SMILES string of the molecule is N=C1SC(=Cc2ccccc2)C(=O)N1c1nccs1. The van der Waals surface area contributed by atoms with Gasteiger partial charge >= 0.3 is 0 Å². The van der Waals surface area contributed by atoms with Crippen LogP contribution in [0.25, 0.3) is 6.08 Å². The molecular weight excluding hydrogens is 278 g/mol. The molecule has 1 amide bonds. The van der Waals surface area contributed by atoms with Crippen molar-refractivity contribution >= 4 is 45.4 Å². The zero-order chi connectivity index (χ0) is 13.2. The highest BCUT2D eigenvalue weighted by molar-refractivity contribution is 8.19. The van der Waals surface area contributed by atoms with E-state index in [4.69, 9.17) is 5.41 Å². The average molecular weight is 287 g/mol. The number of carbonyl (C=O) groups excluding carboxylic acids is 1. The summed E-state index contributed by atoms with van der Waals surface area (Å²) >= 11 is 2.51. The van der Waals surface area contributed by atoms with Crippen LogP contribution in [0.5, 0.6) is 0 Å². The molecule has 1 saturated heterocycles. The summed E-state index contributed by atoms with van der Waals surface area (Å²) in [7, 11) is 0. The number of amidine groups is 1. The minimum atomic E-state index is -0.186. The van der Waals surface area contributed by atoms with Crippen molar-refractivity contribution in [1.82, 2.24) is 4.98 Å². The molecule has 94 valence electrons. The second-order valence-electron chi connectivity index (χ2n) is 3.78. The van der Waals surface area contributed by atoms with E-state index in [0.717, 1.165) is 17.3 Å². The Labute approximate surface area is 118 Å². The monoisotopic (exact) mass is 287 g/mol. The summed E-state index contributed by atoms with van der Waals surface area (Å²) in [6.07, 6.45) is 3.43. The second kappa shape index (κ2) is 4.99. The normalized spacial score (nSPS) is 17.5. The summed E-state index contributed by atoms with van der Waals surface area (Å²) in [5.74, 6) is -0.186. The summed E-state index contributed by atoms with van der Waals surface area (Å²) < 4.78 is 0. The van der Waals surface area contributed by atoms with Crippen molar-refractivity contribution in [3.63, 3.8) is 0 Å². The molecule has 0 bridgehead atoms. The molecule has 0 aliphatic carbocycles. The molecule has 0 spiro atoms. The van der Waals surface area contributed by atoms with Crippen LogP contribution >= 0.6 is 23.1 Å². The van der Waals surface area contributed by atoms with Crippen LogP contribution < -0.4 is 4.90 Å². The Balaban J connectivity index is 1.93. The van der Waals surface area contributed by atoms with Crippen molar-refractivity contribution in [3.05, 3.63) is 52.4 Å². The van der Waals surface area contributed by atoms with Gasteiger partial charge in [0, 0.05) is 11.6 Å². The molecule has 1 fully saturated rings. The quantitative estimate of drug-likeness (QED) is 0.863. The number of anilines is 1. The smallest absolute Gasteiger partial charge is 0.273 e. The Morgan fingerprint density at radius 1 is 1.26 bits per heavy atom. The molecule has 1 N–H and O–H groups in total. The molecule has 3 rings (SSSR count). The van der Waals surface area contributed by atoms with Crippen molar-refractivity contribution < 1.29 is 4.79 Å². The van der Waals surface area contributed by atoms with E-state index in [9.17, 15) is 4.79 Å². The fourth-order valence-electron chi connectivity index (χ4n) is 1.69. The summed E-state index contributed by atoms with van der Waals surface area (Å²) in [6.45, 7) is 0. The van der Waals surface area contributed by atoms with Gasteiger partial charge in [-0.3, -0.25) is 10.2 Å². The van der Waals surface area contributed by atoms with E-state index in [0.29, 0.717) is 10.0 Å². The lowest BCUT2D eigenvalue weighted by Crippen LogP contribution is -2.27. The van der Waals surface area contributed by atoms with Gasteiger partial charge in [0.1, 0.15) is 0 Å². The number of carbonyl (C=O) groups is 1. The molecule has 1 aromatic heterocycles. The Morgan fingerprint density at radius 2 is 2.05 bits per heavy atom. The van der Waals surface area contributed by atoms with Gasteiger partial charge in [-0.15, -0.1) is 11.3 Å². The molecular formula is C13H9N3OS2. The van der Waals surface area contributed by atoms with Gasteiger partial charge in [0.2, 0.25) is 0 Å². The predicted octanol–water partition coefficient (Wildman–Crippen LogP) is 3.20. The van der Waals surface area contributed by atoms with Crippen molar-refractivity contribution in [2.75, 3.05) is 4.90 Å². The van der Waals surface area contributed by atoms with E-state index in [-0.39, 0.29) is 11.1 Å². The number of hydrogen-bond donors (Lipinski definition) is 1. The van der Waals surface area contributed by atoms with Crippen LogP contribution in [0.15, 0.2) is 46.8 Å². The maximum Gasteiger partial charge on any atom is 0.273 e. The summed E-state index contributed by atoms with van der Waals surface area (Å²) in [6, 6.07) is 9.61. The molecule has 0 radical (unpaired) electrons. The summed E-state index contributed by atoms with van der Waals surface area (Å²) in [5, 5.41) is 10.4. The molecule has 0 saturated carbocycles. The first-order valence-corrected chi connectivity index (χ1v) is 7.22. The van der Waals surface area contributed by atoms with Crippen LogP contribution in [0.2, 0.25) is 0 Å². The molecule has 1 aromatic carbocycles. The van der Waals surface area contributed by atoms with E-state index in [1.807, 2.05) is 30.3 Å².